The molecule has 1 N–H and O–H groups in total. The summed E-state index contributed by atoms with van der Waals surface area (Å²) in [5.74, 6) is 0.0558. The van der Waals surface area contributed by atoms with Crippen molar-refractivity contribution >= 4 is 5.95 Å². The molecule has 0 atom stereocenters. The van der Waals surface area contributed by atoms with Crippen LogP contribution in [0.1, 0.15) is 5.56 Å². The van der Waals surface area contributed by atoms with E-state index in [1.807, 2.05) is 0 Å². The summed E-state index contributed by atoms with van der Waals surface area (Å²) in [6.07, 6.45) is 0. The number of nitrogens with zero attached hydrogens (tertiary/aromatic N) is 3. The fourth-order valence-electron chi connectivity index (χ4n) is 1.38. The van der Waals surface area contributed by atoms with Gasteiger partial charge in [-0.1, -0.05) is 12.1 Å². The lowest BCUT2D eigenvalue weighted by Crippen LogP contribution is -2.07. The number of benzene rings is 1. The van der Waals surface area contributed by atoms with Crippen molar-refractivity contribution in [3.8, 4) is 12.0 Å². The maximum absolute atomic E-state index is 12.8. The Balaban J connectivity index is 2.08. The Morgan fingerprint density at radius 2 is 1.58 bits per heavy atom. The highest BCUT2D eigenvalue weighted by atomic mass is 19.1. The Morgan fingerprint density at radius 3 is 2.11 bits per heavy atom. The molecule has 7 heteroatoms. The van der Waals surface area contributed by atoms with Gasteiger partial charge in [0.25, 0.3) is 0 Å². The summed E-state index contributed by atoms with van der Waals surface area (Å²) < 4.78 is 22.6. The summed E-state index contributed by atoms with van der Waals surface area (Å²) in [6, 6.07) is 6.47. The van der Waals surface area contributed by atoms with Gasteiger partial charge in [-0.05, 0) is 17.7 Å². The van der Waals surface area contributed by atoms with Crippen molar-refractivity contribution < 1.29 is 13.9 Å². The lowest BCUT2D eigenvalue weighted by atomic mass is 10.2. The largest absolute Gasteiger partial charge is 0.467 e. The first-order chi connectivity index (χ1) is 9.21. The highest BCUT2D eigenvalue weighted by Gasteiger charge is 2.06. The lowest BCUT2D eigenvalue weighted by molar-refractivity contribution is 0.341. The molecule has 0 aliphatic carbocycles. The lowest BCUT2D eigenvalue weighted by Gasteiger charge is -2.07. The highest BCUT2D eigenvalue weighted by molar-refractivity contribution is 5.30. The zero-order valence-corrected chi connectivity index (χ0v) is 10.6. The van der Waals surface area contributed by atoms with Crippen molar-refractivity contribution in [1.82, 2.24) is 15.0 Å². The van der Waals surface area contributed by atoms with Crippen molar-refractivity contribution in [2.45, 2.75) is 6.54 Å². The van der Waals surface area contributed by atoms with Gasteiger partial charge in [0.1, 0.15) is 5.82 Å². The van der Waals surface area contributed by atoms with Crippen molar-refractivity contribution in [2.24, 2.45) is 0 Å². The van der Waals surface area contributed by atoms with Crippen LogP contribution in [-0.2, 0) is 6.54 Å². The van der Waals surface area contributed by atoms with Crippen molar-refractivity contribution in [3.05, 3.63) is 35.6 Å². The van der Waals surface area contributed by atoms with Gasteiger partial charge < -0.3 is 14.8 Å². The van der Waals surface area contributed by atoms with Crippen LogP contribution in [0.25, 0.3) is 0 Å². The van der Waals surface area contributed by atoms with E-state index in [1.54, 1.807) is 12.1 Å². The molecule has 1 aromatic carbocycles. The van der Waals surface area contributed by atoms with Gasteiger partial charge in [0.15, 0.2) is 0 Å². The average Bonchev–Trinajstić information content (AvgIpc) is 2.46. The van der Waals surface area contributed by atoms with E-state index in [0.717, 1.165) is 5.56 Å². The molecule has 100 valence electrons. The van der Waals surface area contributed by atoms with Crippen LogP contribution in [0.2, 0.25) is 0 Å². The summed E-state index contributed by atoms with van der Waals surface area (Å²) >= 11 is 0. The molecule has 19 heavy (non-hydrogen) atoms. The van der Waals surface area contributed by atoms with Gasteiger partial charge in [-0.25, -0.2) is 4.39 Å². The third kappa shape index (κ3) is 3.51. The van der Waals surface area contributed by atoms with Gasteiger partial charge in [0.05, 0.1) is 14.2 Å². The quantitative estimate of drug-likeness (QED) is 0.885. The maximum atomic E-state index is 12.8. The molecule has 0 fully saturated rings. The predicted octanol–water partition coefficient (Wildman–Crippen LogP) is 1.64. The molecular weight excluding hydrogens is 251 g/mol. The summed E-state index contributed by atoms with van der Waals surface area (Å²) in [6.45, 7) is 0.455. The molecular formula is C12H13FN4O2. The highest BCUT2D eigenvalue weighted by Crippen LogP contribution is 2.13. The van der Waals surface area contributed by atoms with Crippen LogP contribution in [-0.4, -0.2) is 29.2 Å². The van der Waals surface area contributed by atoms with E-state index in [-0.39, 0.29) is 17.8 Å². The minimum Gasteiger partial charge on any atom is -0.467 e. The zero-order valence-electron chi connectivity index (χ0n) is 10.6. The number of hydrogen-bond acceptors (Lipinski definition) is 6. The molecule has 0 aliphatic rings. The Labute approximate surface area is 109 Å². The molecule has 0 aliphatic heterocycles. The van der Waals surface area contributed by atoms with E-state index in [4.69, 9.17) is 9.47 Å². The number of methoxy groups -OCH3 is 2. The van der Waals surface area contributed by atoms with Crippen LogP contribution in [0, 0.1) is 5.82 Å². The normalized spacial score (nSPS) is 10.1. The van der Waals surface area contributed by atoms with Gasteiger partial charge in [0, 0.05) is 6.54 Å². The second kappa shape index (κ2) is 5.94. The van der Waals surface area contributed by atoms with Crippen molar-refractivity contribution in [3.63, 3.8) is 0 Å². The number of aromatic nitrogens is 3. The molecule has 1 heterocycles. The molecule has 0 bridgehead atoms. The molecule has 6 nitrogen and oxygen atoms in total. The second-order valence-electron chi connectivity index (χ2n) is 3.61. The summed E-state index contributed by atoms with van der Waals surface area (Å²) in [5.41, 5.74) is 0.903. The maximum Gasteiger partial charge on any atom is 0.324 e. The topological polar surface area (TPSA) is 69.2 Å². The summed E-state index contributed by atoms with van der Waals surface area (Å²) in [7, 11) is 2.91. The Hall–Kier alpha value is -2.44. The Bertz CT molecular complexity index is 526. The molecule has 0 radical (unpaired) electrons. The number of anilines is 1. The van der Waals surface area contributed by atoms with E-state index in [1.165, 1.54) is 26.4 Å². The van der Waals surface area contributed by atoms with E-state index in [2.05, 4.69) is 20.3 Å². The SMILES string of the molecule is COc1nc(NCc2ccc(F)cc2)nc(OC)n1. The van der Waals surface area contributed by atoms with Crippen LogP contribution in [0.3, 0.4) is 0 Å². The fraction of sp³-hybridized carbons (Fsp3) is 0.250. The third-order valence-electron chi connectivity index (χ3n) is 2.32. The van der Waals surface area contributed by atoms with Crippen LogP contribution in [0.5, 0.6) is 12.0 Å². The third-order valence-corrected chi connectivity index (χ3v) is 2.32. The number of rotatable bonds is 5. The van der Waals surface area contributed by atoms with Crippen molar-refractivity contribution in [1.29, 1.82) is 0 Å². The van der Waals surface area contributed by atoms with Crippen LogP contribution in [0.15, 0.2) is 24.3 Å². The first kappa shape index (κ1) is 13.0. The van der Waals surface area contributed by atoms with Crippen molar-refractivity contribution in [2.75, 3.05) is 19.5 Å². The Kier molecular flexibility index (Phi) is 4.07. The van der Waals surface area contributed by atoms with Gasteiger partial charge in [0.2, 0.25) is 5.95 Å². The van der Waals surface area contributed by atoms with Crippen LogP contribution >= 0.6 is 0 Å². The summed E-state index contributed by atoms with van der Waals surface area (Å²) in [5, 5.41) is 2.99. The molecule has 1 aromatic heterocycles. The Morgan fingerprint density at radius 1 is 1.00 bits per heavy atom. The first-order valence-electron chi connectivity index (χ1n) is 5.53. The molecule has 0 spiro atoms. The molecule has 0 amide bonds. The standard InChI is InChI=1S/C12H13FN4O2/c1-18-11-15-10(16-12(17-11)19-2)14-7-8-3-5-9(13)6-4-8/h3-6H,7H2,1-2H3,(H,14,15,16,17). The van der Waals surface area contributed by atoms with Gasteiger partial charge >= 0.3 is 12.0 Å². The molecule has 0 saturated heterocycles. The minimum atomic E-state index is -0.271. The second-order valence-corrected chi connectivity index (χ2v) is 3.61. The van der Waals surface area contributed by atoms with E-state index < -0.39 is 0 Å². The van der Waals surface area contributed by atoms with Crippen LogP contribution in [0.4, 0.5) is 10.3 Å². The average molecular weight is 264 g/mol. The van der Waals surface area contributed by atoms with E-state index in [9.17, 15) is 4.39 Å². The number of hydrogen-bond donors (Lipinski definition) is 1. The van der Waals surface area contributed by atoms with Crippen LogP contribution < -0.4 is 14.8 Å². The zero-order chi connectivity index (χ0) is 13.7. The van der Waals surface area contributed by atoms with Gasteiger partial charge in [-0.15, -0.1) is 4.98 Å². The predicted molar refractivity (Wildman–Crippen MR) is 66.7 cm³/mol. The fourth-order valence-corrected chi connectivity index (χ4v) is 1.38. The van der Waals surface area contributed by atoms with E-state index >= 15 is 0 Å². The monoisotopic (exact) mass is 264 g/mol. The minimum absolute atomic E-state index is 0.161. The number of halogens is 1. The first-order valence-corrected chi connectivity index (χ1v) is 5.53. The number of nitrogens with one attached hydrogen (secondary N) is 1. The molecule has 2 rings (SSSR count). The number of ether oxygens (including phenoxy) is 2. The molecule has 2 aromatic rings. The van der Waals surface area contributed by atoms with Gasteiger partial charge in [-0.2, -0.15) is 9.97 Å². The molecule has 0 unspecified atom stereocenters. The van der Waals surface area contributed by atoms with Gasteiger partial charge in [-0.3, -0.25) is 0 Å². The summed E-state index contributed by atoms with van der Waals surface area (Å²) in [4.78, 5) is 11.9. The molecule has 0 saturated carbocycles. The van der Waals surface area contributed by atoms with E-state index in [0.29, 0.717) is 12.5 Å². The smallest absolute Gasteiger partial charge is 0.324 e.